The Balaban J connectivity index is 2.43. The summed E-state index contributed by atoms with van der Waals surface area (Å²) in [5, 5.41) is 3.32. The zero-order valence-corrected chi connectivity index (χ0v) is 10.3. The average molecular weight is 239 g/mol. The standard InChI is InChI=1S/C13H18FNO2/c1-16-8-10-5-11(14)6-12(17-2)13(10)9-3-4-15-7-9/h5-6,9,15H,3-4,7-8H2,1-2H3. The van der Waals surface area contributed by atoms with E-state index in [1.165, 1.54) is 6.07 Å². The molecule has 1 N–H and O–H groups in total. The van der Waals surface area contributed by atoms with Crippen LogP contribution in [0.5, 0.6) is 5.75 Å². The summed E-state index contributed by atoms with van der Waals surface area (Å²) in [7, 11) is 3.20. The SMILES string of the molecule is COCc1cc(F)cc(OC)c1C1CCNC1. The van der Waals surface area contributed by atoms with E-state index in [0.29, 0.717) is 18.3 Å². The quantitative estimate of drug-likeness (QED) is 0.872. The van der Waals surface area contributed by atoms with Crippen LogP contribution in [0.2, 0.25) is 0 Å². The Labute approximate surface area is 101 Å². The van der Waals surface area contributed by atoms with E-state index < -0.39 is 0 Å². The predicted molar refractivity (Wildman–Crippen MR) is 63.9 cm³/mol. The van der Waals surface area contributed by atoms with Gasteiger partial charge in [-0.25, -0.2) is 4.39 Å². The molecule has 4 heteroatoms. The molecule has 0 amide bonds. The zero-order chi connectivity index (χ0) is 12.3. The lowest BCUT2D eigenvalue weighted by atomic mass is 9.92. The molecule has 1 heterocycles. The van der Waals surface area contributed by atoms with Crippen molar-refractivity contribution in [2.24, 2.45) is 0 Å². The maximum atomic E-state index is 13.5. The van der Waals surface area contributed by atoms with Crippen molar-refractivity contribution in [2.75, 3.05) is 27.3 Å². The Bertz CT molecular complexity index is 389. The first-order valence-corrected chi connectivity index (χ1v) is 5.82. The molecular weight excluding hydrogens is 221 g/mol. The van der Waals surface area contributed by atoms with Crippen LogP contribution in [0.15, 0.2) is 12.1 Å². The molecule has 94 valence electrons. The molecule has 1 aliphatic rings. The lowest BCUT2D eigenvalue weighted by Gasteiger charge is -2.18. The van der Waals surface area contributed by atoms with Crippen molar-refractivity contribution >= 4 is 0 Å². The van der Waals surface area contributed by atoms with E-state index in [2.05, 4.69) is 5.32 Å². The highest BCUT2D eigenvalue weighted by Crippen LogP contribution is 2.34. The van der Waals surface area contributed by atoms with E-state index in [4.69, 9.17) is 9.47 Å². The van der Waals surface area contributed by atoms with E-state index in [9.17, 15) is 4.39 Å². The number of benzene rings is 1. The van der Waals surface area contributed by atoms with Crippen LogP contribution in [0.3, 0.4) is 0 Å². The Morgan fingerprint density at radius 1 is 1.41 bits per heavy atom. The first-order chi connectivity index (χ1) is 8.26. The minimum atomic E-state index is -0.274. The molecule has 0 aromatic heterocycles. The van der Waals surface area contributed by atoms with Gasteiger partial charge in [-0.05, 0) is 24.6 Å². The molecule has 0 bridgehead atoms. The van der Waals surface area contributed by atoms with Gasteiger partial charge in [0.2, 0.25) is 0 Å². The van der Waals surface area contributed by atoms with Crippen LogP contribution in [-0.4, -0.2) is 27.3 Å². The highest BCUT2D eigenvalue weighted by atomic mass is 19.1. The number of hydrogen-bond donors (Lipinski definition) is 1. The van der Waals surface area contributed by atoms with E-state index in [1.54, 1.807) is 20.3 Å². The Morgan fingerprint density at radius 2 is 2.24 bits per heavy atom. The molecule has 0 aliphatic carbocycles. The third kappa shape index (κ3) is 2.58. The van der Waals surface area contributed by atoms with Gasteiger partial charge < -0.3 is 14.8 Å². The second-order valence-corrected chi connectivity index (χ2v) is 4.30. The second kappa shape index (κ2) is 5.47. The second-order valence-electron chi connectivity index (χ2n) is 4.30. The van der Waals surface area contributed by atoms with Crippen LogP contribution in [-0.2, 0) is 11.3 Å². The molecule has 1 unspecified atom stereocenters. The summed E-state index contributed by atoms with van der Waals surface area (Å²) in [4.78, 5) is 0. The summed E-state index contributed by atoms with van der Waals surface area (Å²) in [5.74, 6) is 0.741. The fourth-order valence-corrected chi connectivity index (χ4v) is 2.46. The van der Waals surface area contributed by atoms with E-state index >= 15 is 0 Å². The number of methoxy groups -OCH3 is 2. The summed E-state index contributed by atoms with van der Waals surface area (Å²) in [6, 6.07) is 2.99. The van der Waals surface area contributed by atoms with Gasteiger partial charge in [-0.2, -0.15) is 0 Å². The number of hydrogen-bond acceptors (Lipinski definition) is 3. The normalized spacial score (nSPS) is 19.6. The van der Waals surface area contributed by atoms with Gasteiger partial charge in [-0.15, -0.1) is 0 Å². The molecule has 1 fully saturated rings. The highest BCUT2D eigenvalue weighted by Gasteiger charge is 2.24. The smallest absolute Gasteiger partial charge is 0.127 e. The molecule has 1 saturated heterocycles. The number of ether oxygens (including phenoxy) is 2. The van der Waals surface area contributed by atoms with Crippen LogP contribution in [0.1, 0.15) is 23.5 Å². The summed E-state index contributed by atoms with van der Waals surface area (Å²) in [6.07, 6.45) is 1.05. The molecule has 1 atom stereocenters. The van der Waals surface area contributed by atoms with E-state index in [0.717, 1.165) is 30.6 Å². The fourth-order valence-electron chi connectivity index (χ4n) is 2.46. The highest BCUT2D eigenvalue weighted by molar-refractivity contribution is 5.44. The van der Waals surface area contributed by atoms with Gasteiger partial charge in [-0.1, -0.05) is 0 Å². The average Bonchev–Trinajstić information content (AvgIpc) is 2.82. The van der Waals surface area contributed by atoms with Crippen molar-refractivity contribution in [3.63, 3.8) is 0 Å². The molecule has 2 rings (SSSR count). The summed E-state index contributed by atoms with van der Waals surface area (Å²) < 4.78 is 23.9. The minimum absolute atomic E-state index is 0.274. The van der Waals surface area contributed by atoms with Crippen molar-refractivity contribution < 1.29 is 13.9 Å². The summed E-state index contributed by atoms with van der Waals surface area (Å²) in [6.45, 7) is 2.33. The van der Waals surface area contributed by atoms with Gasteiger partial charge in [0.05, 0.1) is 13.7 Å². The molecule has 0 spiro atoms. The molecular formula is C13H18FNO2. The van der Waals surface area contributed by atoms with Crippen LogP contribution < -0.4 is 10.1 Å². The lowest BCUT2D eigenvalue weighted by Crippen LogP contribution is -2.11. The summed E-state index contributed by atoms with van der Waals surface area (Å²) >= 11 is 0. The molecule has 1 aliphatic heterocycles. The number of nitrogens with one attached hydrogen (secondary N) is 1. The Morgan fingerprint density at radius 3 is 2.82 bits per heavy atom. The molecule has 3 nitrogen and oxygen atoms in total. The predicted octanol–water partition coefficient (Wildman–Crippen LogP) is 2.06. The molecule has 17 heavy (non-hydrogen) atoms. The third-order valence-electron chi connectivity index (χ3n) is 3.18. The van der Waals surface area contributed by atoms with Crippen LogP contribution in [0, 0.1) is 5.82 Å². The van der Waals surface area contributed by atoms with Crippen molar-refractivity contribution in [2.45, 2.75) is 18.9 Å². The van der Waals surface area contributed by atoms with Gasteiger partial charge in [0.25, 0.3) is 0 Å². The van der Waals surface area contributed by atoms with E-state index in [1.807, 2.05) is 0 Å². The summed E-state index contributed by atoms with van der Waals surface area (Å²) in [5.41, 5.74) is 1.97. The topological polar surface area (TPSA) is 30.5 Å². The van der Waals surface area contributed by atoms with Crippen molar-refractivity contribution in [3.05, 3.63) is 29.1 Å². The van der Waals surface area contributed by atoms with Gasteiger partial charge in [-0.3, -0.25) is 0 Å². The maximum absolute atomic E-state index is 13.5. The first kappa shape index (κ1) is 12.3. The third-order valence-corrected chi connectivity index (χ3v) is 3.18. The lowest BCUT2D eigenvalue weighted by molar-refractivity contribution is 0.183. The van der Waals surface area contributed by atoms with Crippen molar-refractivity contribution in [1.82, 2.24) is 5.32 Å². The number of halogens is 1. The largest absolute Gasteiger partial charge is 0.496 e. The maximum Gasteiger partial charge on any atom is 0.127 e. The van der Waals surface area contributed by atoms with Gasteiger partial charge in [0.1, 0.15) is 11.6 Å². The van der Waals surface area contributed by atoms with Gasteiger partial charge in [0.15, 0.2) is 0 Å². The van der Waals surface area contributed by atoms with Crippen molar-refractivity contribution in [3.8, 4) is 5.75 Å². The molecule has 1 aromatic rings. The van der Waals surface area contributed by atoms with Crippen LogP contribution in [0.25, 0.3) is 0 Å². The van der Waals surface area contributed by atoms with Crippen LogP contribution in [0.4, 0.5) is 4.39 Å². The minimum Gasteiger partial charge on any atom is -0.496 e. The van der Waals surface area contributed by atoms with Crippen LogP contribution >= 0.6 is 0 Å². The molecule has 1 aromatic carbocycles. The van der Waals surface area contributed by atoms with Gasteiger partial charge >= 0.3 is 0 Å². The van der Waals surface area contributed by atoms with Gasteiger partial charge in [0, 0.05) is 31.2 Å². The molecule has 0 saturated carbocycles. The Hall–Kier alpha value is -1.13. The number of rotatable bonds is 4. The van der Waals surface area contributed by atoms with E-state index in [-0.39, 0.29) is 5.82 Å². The fraction of sp³-hybridized carbons (Fsp3) is 0.538. The first-order valence-electron chi connectivity index (χ1n) is 5.82. The molecule has 0 radical (unpaired) electrons. The zero-order valence-electron chi connectivity index (χ0n) is 10.3. The monoisotopic (exact) mass is 239 g/mol. The Kier molecular flexibility index (Phi) is 3.97. The van der Waals surface area contributed by atoms with Crippen molar-refractivity contribution in [1.29, 1.82) is 0 Å².